The number of hydrogen-bond donors (Lipinski definition) is 1. The number of hydrogen-bond acceptors (Lipinski definition) is 4. The number of amides is 1. The standard InChI is InChI=1S/C13H17NO3S2/c1-9(8-18-3)14(2)13(17)11-6-4-10(19-11)5-7-12(15)16/h4-7,9H,8H2,1-3H3,(H,15,16)/b7-5+. The number of rotatable bonds is 6. The second-order valence-electron chi connectivity index (χ2n) is 4.09. The number of thiophene rings is 1. The van der Waals surface area contributed by atoms with Crippen LogP contribution in [0.3, 0.4) is 0 Å². The molecule has 1 atom stereocenters. The van der Waals surface area contributed by atoms with Gasteiger partial charge in [-0.2, -0.15) is 11.8 Å². The van der Waals surface area contributed by atoms with E-state index in [1.54, 1.807) is 35.8 Å². The lowest BCUT2D eigenvalue weighted by molar-refractivity contribution is -0.131. The Morgan fingerprint density at radius 2 is 2.21 bits per heavy atom. The smallest absolute Gasteiger partial charge is 0.328 e. The summed E-state index contributed by atoms with van der Waals surface area (Å²) in [4.78, 5) is 25.7. The first kappa shape index (κ1) is 15.8. The zero-order valence-corrected chi connectivity index (χ0v) is 12.8. The van der Waals surface area contributed by atoms with Crippen molar-refractivity contribution >= 4 is 41.1 Å². The molecule has 1 N–H and O–H groups in total. The molecule has 1 aromatic heterocycles. The second kappa shape index (κ2) is 7.35. The molecule has 1 unspecified atom stereocenters. The average molecular weight is 299 g/mol. The first-order valence-corrected chi connectivity index (χ1v) is 7.93. The van der Waals surface area contributed by atoms with E-state index in [0.717, 1.165) is 16.7 Å². The summed E-state index contributed by atoms with van der Waals surface area (Å²) in [7, 11) is 1.79. The Balaban J connectivity index is 2.75. The van der Waals surface area contributed by atoms with Crippen LogP contribution in [0, 0.1) is 0 Å². The van der Waals surface area contributed by atoms with Gasteiger partial charge in [0, 0.05) is 29.8 Å². The van der Waals surface area contributed by atoms with Crippen molar-refractivity contribution in [2.24, 2.45) is 0 Å². The molecule has 0 saturated carbocycles. The molecule has 1 rings (SSSR count). The maximum atomic E-state index is 12.2. The van der Waals surface area contributed by atoms with Crippen LogP contribution in [0.5, 0.6) is 0 Å². The third-order valence-electron chi connectivity index (χ3n) is 2.62. The molecule has 1 heterocycles. The van der Waals surface area contributed by atoms with E-state index in [9.17, 15) is 9.59 Å². The van der Waals surface area contributed by atoms with Crippen LogP contribution in [0.25, 0.3) is 6.08 Å². The first-order valence-electron chi connectivity index (χ1n) is 5.72. The molecule has 1 amide bonds. The van der Waals surface area contributed by atoms with Gasteiger partial charge in [0.1, 0.15) is 0 Å². The number of aliphatic carboxylic acids is 1. The fourth-order valence-corrected chi connectivity index (χ4v) is 3.04. The quantitative estimate of drug-likeness (QED) is 0.821. The maximum Gasteiger partial charge on any atom is 0.328 e. The van der Waals surface area contributed by atoms with Crippen molar-refractivity contribution < 1.29 is 14.7 Å². The average Bonchev–Trinajstić information content (AvgIpc) is 2.83. The predicted octanol–water partition coefficient (Wildman–Crippen LogP) is 2.67. The first-order chi connectivity index (χ1) is 8.95. The number of carboxylic acids is 1. The van der Waals surface area contributed by atoms with E-state index in [2.05, 4.69) is 0 Å². The van der Waals surface area contributed by atoms with Gasteiger partial charge in [0.15, 0.2) is 0 Å². The van der Waals surface area contributed by atoms with Gasteiger partial charge >= 0.3 is 5.97 Å². The van der Waals surface area contributed by atoms with Gasteiger partial charge in [0.25, 0.3) is 5.91 Å². The van der Waals surface area contributed by atoms with Gasteiger partial charge in [0.2, 0.25) is 0 Å². The van der Waals surface area contributed by atoms with Crippen molar-refractivity contribution in [3.63, 3.8) is 0 Å². The Hall–Kier alpha value is -1.27. The summed E-state index contributed by atoms with van der Waals surface area (Å²) in [6, 6.07) is 3.66. The Bertz CT molecular complexity index is 482. The molecule has 0 aromatic carbocycles. The summed E-state index contributed by atoms with van der Waals surface area (Å²) >= 11 is 3.00. The Morgan fingerprint density at radius 3 is 2.79 bits per heavy atom. The van der Waals surface area contributed by atoms with Crippen LogP contribution in [0.2, 0.25) is 0 Å². The van der Waals surface area contributed by atoms with Gasteiger partial charge in [0.05, 0.1) is 4.88 Å². The summed E-state index contributed by atoms with van der Waals surface area (Å²) in [5, 5.41) is 8.55. The minimum Gasteiger partial charge on any atom is -0.478 e. The Morgan fingerprint density at radius 1 is 1.53 bits per heavy atom. The van der Waals surface area contributed by atoms with E-state index in [1.165, 1.54) is 17.4 Å². The van der Waals surface area contributed by atoms with Gasteiger partial charge in [-0.25, -0.2) is 4.79 Å². The molecule has 0 spiro atoms. The van der Waals surface area contributed by atoms with Crippen molar-refractivity contribution in [1.82, 2.24) is 4.90 Å². The lowest BCUT2D eigenvalue weighted by Gasteiger charge is -2.23. The van der Waals surface area contributed by atoms with E-state index < -0.39 is 5.97 Å². The van der Waals surface area contributed by atoms with Gasteiger partial charge in [-0.15, -0.1) is 11.3 Å². The van der Waals surface area contributed by atoms with E-state index >= 15 is 0 Å². The molecule has 1 aromatic rings. The third-order valence-corrected chi connectivity index (χ3v) is 4.47. The molecular weight excluding hydrogens is 282 g/mol. The van der Waals surface area contributed by atoms with Gasteiger partial charge in [-0.3, -0.25) is 4.79 Å². The van der Waals surface area contributed by atoms with Gasteiger partial charge in [-0.05, 0) is 31.4 Å². The zero-order valence-electron chi connectivity index (χ0n) is 11.1. The minimum atomic E-state index is -0.994. The predicted molar refractivity (Wildman–Crippen MR) is 80.9 cm³/mol. The molecule has 0 fully saturated rings. The van der Waals surface area contributed by atoms with E-state index in [1.807, 2.05) is 13.2 Å². The molecule has 0 saturated heterocycles. The fourth-order valence-electron chi connectivity index (χ4n) is 1.44. The molecule has 104 valence electrons. The molecule has 19 heavy (non-hydrogen) atoms. The van der Waals surface area contributed by atoms with Crippen LogP contribution < -0.4 is 0 Å². The lowest BCUT2D eigenvalue weighted by Crippen LogP contribution is -2.36. The van der Waals surface area contributed by atoms with E-state index in [0.29, 0.717) is 4.88 Å². The normalized spacial score (nSPS) is 12.6. The van der Waals surface area contributed by atoms with Crippen LogP contribution in [0.1, 0.15) is 21.5 Å². The van der Waals surface area contributed by atoms with Crippen LogP contribution in [0.15, 0.2) is 18.2 Å². The van der Waals surface area contributed by atoms with Crippen LogP contribution in [-0.2, 0) is 4.79 Å². The third kappa shape index (κ3) is 4.72. The molecule has 0 aliphatic carbocycles. The van der Waals surface area contributed by atoms with Crippen LogP contribution in [-0.4, -0.2) is 47.0 Å². The number of carbonyl (C=O) groups is 2. The van der Waals surface area contributed by atoms with Crippen molar-refractivity contribution in [3.8, 4) is 0 Å². The molecular formula is C13H17NO3S2. The van der Waals surface area contributed by atoms with Crippen molar-refractivity contribution in [1.29, 1.82) is 0 Å². The van der Waals surface area contributed by atoms with Gasteiger partial charge < -0.3 is 10.0 Å². The zero-order chi connectivity index (χ0) is 14.4. The highest BCUT2D eigenvalue weighted by Gasteiger charge is 2.18. The molecule has 0 aliphatic heterocycles. The number of carboxylic acid groups (broad SMARTS) is 1. The van der Waals surface area contributed by atoms with Crippen LogP contribution in [0.4, 0.5) is 0 Å². The highest BCUT2D eigenvalue weighted by molar-refractivity contribution is 7.98. The summed E-state index contributed by atoms with van der Waals surface area (Å²) in [5.41, 5.74) is 0. The highest BCUT2D eigenvalue weighted by Crippen LogP contribution is 2.20. The minimum absolute atomic E-state index is 0.0264. The van der Waals surface area contributed by atoms with Crippen molar-refractivity contribution in [2.45, 2.75) is 13.0 Å². The summed E-state index contributed by atoms with van der Waals surface area (Å²) in [6.45, 7) is 2.01. The maximum absolute atomic E-state index is 12.2. The number of carbonyl (C=O) groups excluding carboxylic acids is 1. The number of nitrogens with zero attached hydrogens (tertiary/aromatic N) is 1. The lowest BCUT2D eigenvalue weighted by atomic mass is 10.3. The molecule has 0 aliphatic rings. The Labute approximate surface area is 121 Å². The Kier molecular flexibility index (Phi) is 6.11. The van der Waals surface area contributed by atoms with E-state index in [4.69, 9.17) is 5.11 Å². The highest BCUT2D eigenvalue weighted by atomic mass is 32.2. The summed E-state index contributed by atoms with van der Waals surface area (Å²) in [6.07, 6.45) is 4.57. The molecule has 4 nitrogen and oxygen atoms in total. The topological polar surface area (TPSA) is 57.6 Å². The molecule has 0 bridgehead atoms. The molecule has 0 radical (unpaired) electrons. The molecule has 6 heteroatoms. The SMILES string of the molecule is CSCC(C)N(C)C(=O)c1ccc(/C=C/C(=O)O)s1. The summed E-state index contributed by atoms with van der Waals surface area (Å²) in [5.74, 6) is -0.132. The van der Waals surface area contributed by atoms with E-state index in [-0.39, 0.29) is 11.9 Å². The summed E-state index contributed by atoms with van der Waals surface area (Å²) < 4.78 is 0. The second-order valence-corrected chi connectivity index (χ2v) is 6.12. The number of thioether (sulfide) groups is 1. The monoisotopic (exact) mass is 299 g/mol. The van der Waals surface area contributed by atoms with Crippen LogP contribution >= 0.6 is 23.1 Å². The largest absolute Gasteiger partial charge is 0.478 e. The van der Waals surface area contributed by atoms with Gasteiger partial charge in [-0.1, -0.05) is 0 Å². The van der Waals surface area contributed by atoms with Crippen molar-refractivity contribution in [3.05, 3.63) is 28.0 Å². The van der Waals surface area contributed by atoms with Crippen molar-refractivity contribution in [2.75, 3.05) is 19.1 Å². The fraction of sp³-hybridized carbons (Fsp3) is 0.385.